The molecule has 1 aromatic rings. The van der Waals surface area contributed by atoms with Crippen LogP contribution in [0.2, 0.25) is 0 Å². The van der Waals surface area contributed by atoms with Gasteiger partial charge in [0, 0.05) is 24.7 Å². The first-order chi connectivity index (χ1) is 10.5. The summed E-state index contributed by atoms with van der Waals surface area (Å²) in [6.07, 6.45) is 1.48. The highest BCUT2D eigenvalue weighted by atomic mass is 79.9. The number of benzene rings is 1. The topological polar surface area (TPSA) is 66.8 Å². The number of hydrogen-bond acceptors (Lipinski definition) is 3. The zero-order chi connectivity index (χ0) is 16.2. The summed E-state index contributed by atoms with van der Waals surface area (Å²) in [6.45, 7) is 0.933. The molecular formula is C16H20BrNO4. The summed E-state index contributed by atoms with van der Waals surface area (Å²) in [5.41, 5.74) is -0.0814. The number of carboxylic acid groups (broad SMARTS) is 1. The molecule has 120 valence electrons. The van der Waals surface area contributed by atoms with Gasteiger partial charge in [-0.25, -0.2) is 0 Å². The summed E-state index contributed by atoms with van der Waals surface area (Å²) in [6, 6.07) is 7.57. The minimum atomic E-state index is -0.990. The molecule has 22 heavy (non-hydrogen) atoms. The molecular weight excluding hydrogens is 350 g/mol. The van der Waals surface area contributed by atoms with E-state index >= 15 is 0 Å². The molecule has 0 saturated carbocycles. The number of methoxy groups -OCH3 is 1. The van der Waals surface area contributed by atoms with Crippen LogP contribution in [-0.2, 0) is 20.7 Å². The Kier molecular flexibility index (Phi) is 5.58. The Bertz CT molecular complexity index is 559. The summed E-state index contributed by atoms with van der Waals surface area (Å²) in [5, 5.41) is 9.53. The largest absolute Gasteiger partial charge is 0.481 e. The summed E-state index contributed by atoms with van der Waals surface area (Å²) in [7, 11) is 1.49. The summed E-state index contributed by atoms with van der Waals surface area (Å²) >= 11 is 3.43. The number of carbonyl (C=O) groups is 2. The quantitative estimate of drug-likeness (QED) is 0.864. The van der Waals surface area contributed by atoms with Crippen LogP contribution >= 0.6 is 15.9 Å². The summed E-state index contributed by atoms with van der Waals surface area (Å²) < 4.78 is 5.98. The van der Waals surface area contributed by atoms with Gasteiger partial charge in [-0.05, 0) is 24.5 Å². The van der Waals surface area contributed by atoms with Gasteiger partial charge < -0.3 is 14.7 Å². The number of nitrogens with zero attached hydrogens (tertiary/aromatic N) is 1. The lowest BCUT2D eigenvalue weighted by Crippen LogP contribution is -2.52. The Morgan fingerprint density at radius 3 is 2.77 bits per heavy atom. The van der Waals surface area contributed by atoms with Crippen LogP contribution in [0.5, 0.6) is 0 Å². The first-order valence-electron chi connectivity index (χ1n) is 7.22. The fourth-order valence-corrected chi connectivity index (χ4v) is 3.32. The van der Waals surface area contributed by atoms with Gasteiger partial charge in [0.25, 0.3) is 0 Å². The molecule has 0 aliphatic carbocycles. The third-order valence-corrected chi connectivity index (χ3v) is 4.88. The Hall–Kier alpha value is -1.40. The van der Waals surface area contributed by atoms with Crippen molar-refractivity contribution in [2.75, 3.05) is 26.8 Å². The van der Waals surface area contributed by atoms with Gasteiger partial charge in [-0.1, -0.05) is 34.1 Å². The molecule has 2 rings (SSSR count). The SMILES string of the molecule is COCC1(C(=O)O)CCCN(C(=O)Cc2ccccc2Br)C1. The lowest BCUT2D eigenvalue weighted by molar-refractivity contribution is -0.159. The molecule has 0 radical (unpaired) electrons. The number of aliphatic carboxylic acids is 1. The maximum Gasteiger partial charge on any atom is 0.313 e. The van der Waals surface area contributed by atoms with E-state index < -0.39 is 11.4 Å². The minimum absolute atomic E-state index is 0.0478. The van der Waals surface area contributed by atoms with E-state index in [4.69, 9.17) is 4.74 Å². The number of halogens is 1. The van der Waals surface area contributed by atoms with Crippen molar-refractivity contribution >= 4 is 27.8 Å². The monoisotopic (exact) mass is 369 g/mol. The van der Waals surface area contributed by atoms with Gasteiger partial charge in [0.15, 0.2) is 0 Å². The second-order valence-electron chi connectivity index (χ2n) is 5.71. The van der Waals surface area contributed by atoms with E-state index in [-0.39, 0.29) is 25.5 Å². The molecule has 1 unspecified atom stereocenters. The Balaban J connectivity index is 2.10. The van der Waals surface area contributed by atoms with E-state index in [0.717, 1.165) is 10.0 Å². The van der Waals surface area contributed by atoms with Crippen LogP contribution in [0.3, 0.4) is 0 Å². The first-order valence-corrected chi connectivity index (χ1v) is 8.01. The van der Waals surface area contributed by atoms with E-state index in [1.807, 2.05) is 24.3 Å². The molecule has 0 spiro atoms. The van der Waals surface area contributed by atoms with Crippen LogP contribution in [-0.4, -0.2) is 48.7 Å². The highest BCUT2D eigenvalue weighted by molar-refractivity contribution is 9.10. The van der Waals surface area contributed by atoms with Gasteiger partial charge >= 0.3 is 5.97 Å². The minimum Gasteiger partial charge on any atom is -0.481 e. The summed E-state index contributed by atoms with van der Waals surface area (Å²) in [5.74, 6) is -0.943. The lowest BCUT2D eigenvalue weighted by atomic mass is 9.80. The third-order valence-electron chi connectivity index (χ3n) is 4.10. The van der Waals surface area contributed by atoms with E-state index in [1.54, 1.807) is 4.90 Å². The van der Waals surface area contributed by atoms with Crippen molar-refractivity contribution in [3.8, 4) is 0 Å². The number of carbonyl (C=O) groups excluding carboxylic acids is 1. The molecule has 1 aromatic carbocycles. The Morgan fingerprint density at radius 1 is 1.41 bits per heavy atom. The standard InChI is InChI=1S/C16H20BrNO4/c1-22-11-16(15(20)21)7-4-8-18(10-16)14(19)9-12-5-2-3-6-13(12)17/h2-3,5-6H,4,7-11H2,1H3,(H,20,21). The lowest BCUT2D eigenvalue weighted by Gasteiger charge is -2.39. The Labute approximate surface area is 138 Å². The molecule has 1 aliphatic rings. The van der Waals surface area contributed by atoms with Crippen LogP contribution in [0.4, 0.5) is 0 Å². The number of ether oxygens (including phenoxy) is 1. The average molecular weight is 370 g/mol. The molecule has 1 heterocycles. The molecule has 1 fully saturated rings. The highest BCUT2D eigenvalue weighted by Crippen LogP contribution is 2.31. The van der Waals surface area contributed by atoms with E-state index in [9.17, 15) is 14.7 Å². The van der Waals surface area contributed by atoms with Crippen LogP contribution in [0.15, 0.2) is 28.7 Å². The van der Waals surface area contributed by atoms with Crippen molar-refractivity contribution in [1.82, 2.24) is 4.90 Å². The zero-order valence-corrected chi connectivity index (χ0v) is 14.1. The van der Waals surface area contributed by atoms with Gasteiger partial charge in [-0.15, -0.1) is 0 Å². The molecule has 1 atom stereocenters. The maximum absolute atomic E-state index is 12.5. The fourth-order valence-electron chi connectivity index (χ4n) is 2.89. The molecule has 1 aliphatic heterocycles. The number of rotatable bonds is 5. The molecule has 1 N–H and O–H groups in total. The Morgan fingerprint density at radius 2 is 2.14 bits per heavy atom. The smallest absolute Gasteiger partial charge is 0.313 e. The van der Waals surface area contributed by atoms with Crippen LogP contribution in [0.1, 0.15) is 18.4 Å². The van der Waals surface area contributed by atoms with E-state index in [0.29, 0.717) is 19.4 Å². The van der Waals surface area contributed by atoms with Crippen molar-refractivity contribution in [3.05, 3.63) is 34.3 Å². The molecule has 6 heteroatoms. The predicted molar refractivity (Wildman–Crippen MR) is 85.6 cm³/mol. The van der Waals surface area contributed by atoms with Crippen molar-refractivity contribution in [2.45, 2.75) is 19.3 Å². The van der Waals surface area contributed by atoms with Crippen LogP contribution < -0.4 is 0 Å². The highest BCUT2D eigenvalue weighted by Gasteiger charge is 2.43. The predicted octanol–water partition coefficient (Wildman–Crippen LogP) is 2.33. The molecule has 0 bridgehead atoms. The number of amides is 1. The van der Waals surface area contributed by atoms with E-state index in [1.165, 1.54) is 7.11 Å². The van der Waals surface area contributed by atoms with Gasteiger partial charge in [0.1, 0.15) is 5.41 Å². The number of carboxylic acids is 1. The van der Waals surface area contributed by atoms with Crippen molar-refractivity contribution < 1.29 is 19.4 Å². The van der Waals surface area contributed by atoms with Crippen molar-refractivity contribution in [1.29, 1.82) is 0 Å². The van der Waals surface area contributed by atoms with Gasteiger partial charge in [-0.2, -0.15) is 0 Å². The molecule has 5 nitrogen and oxygen atoms in total. The third kappa shape index (κ3) is 3.67. The molecule has 1 saturated heterocycles. The van der Waals surface area contributed by atoms with Crippen molar-refractivity contribution in [3.63, 3.8) is 0 Å². The maximum atomic E-state index is 12.5. The fraction of sp³-hybridized carbons (Fsp3) is 0.500. The molecule has 1 amide bonds. The first kappa shape index (κ1) is 17.0. The number of likely N-dealkylation sites (tertiary alicyclic amines) is 1. The number of hydrogen-bond donors (Lipinski definition) is 1. The molecule has 0 aromatic heterocycles. The van der Waals surface area contributed by atoms with Crippen LogP contribution in [0, 0.1) is 5.41 Å². The second kappa shape index (κ2) is 7.24. The normalized spacial score (nSPS) is 21.6. The average Bonchev–Trinajstić information content (AvgIpc) is 2.50. The van der Waals surface area contributed by atoms with E-state index in [2.05, 4.69) is 15.9 Å². The summed E-state index contributed by atoms with van der Waals surface area (Å²) in [4.78, 5) is 25.8. The van der Waals surface area contributed by atoms with Crippen molar-refractivity contribution in [2.24, 2.45) is 5.41 Å². The zero-order valence-electron chi connectivity index (χ0n) is 12.5. The second-order valence-corrected chi connectivity index (χ2v) is 6.56. The van der Waals surface area contributed by atoms with Gasteiger partial charge in [0.05, 0.1) is 13.0 Å². The van der Waals surface area contributed by atoms with Crippen LogP contribution in [0.25, 0.3) is 0 Å². The number of piperidine rings is 1. The van der Waals surface area contributed by atoms with Gasteiger partial charge in [0.2, 0.25) is 5.91 Å². The van der Waals surface area contributed by atoms with Gasteiger partial charge in [-0.3, -0.25) is 9.59 Å².